The van der Waals surface area contributed by atoms with Gasteiger partial charge in [0.15, 0.2) is 0 Å². The van der Waals surface area contributed by atoms with Gasteiger partial charge in [0.2, 0.25) is 0 Å². The van der Waals surface area contributed by atoms with Crippen molar-refractivity contribution >= 4 is 31.9 Å². The number of nitrogens with zero attached hydrogens (tertiary/aromatic N) is 1. The Morgan fingerprint density at radius 3 is 2.62 bits per heavy atom. The number of benzene rings is 1. The number of aryl methyl sites for hydroxylation is 1. The van der Waals surface area contributed by atoms with Crippen LogP contribution in [-0.4, -0.2) is 18.9 Å². The lowest BCUT2D eigenvalue weighted by molar-refractivity contribution is 0.0937. The smallest absolute Gasteiger partial charge is 0.282 e. The van der Waals surface area contributed by atoms with Crippen molar-refractivity contribution in [2.45, 2.75) is 4.90 Å². The van der Waals surface area contributed by atoms with Crippen LogP contribution in [0.3, 0.4) is 0 Å². The first kappa shape index (κ1) is 15.7. The summed E-state index contributed by atoms with van der Waals surface area (Å²) < 4.78 is 39.0. The number of nitrogens with one attached hydrogen (secondary N) is 2. The largest absolute Gasteiger partial charge is 0.345 e. The van der Waals surface area contributed by atoms with Gasteiger partial charge in [0.05, 0.1) is 4.90 Å². The second kappa shape index (κ2) is 5.96. The molecule has 0 atom stereocenters. The summed E-state index contributed by atoms with van der Waals surface area (Å²) in [5.41, 5.74) is 2.32. The van der Waals surface area contributed by atoms with Crippen molar-refractivity contribution in [3.8, 4) is 0 Å². The molecule has 0 saturated heterocycles. The number of halogens is 2. The number of carbonyl (C=O) groups excluding carboxylic acids is 1. The summed E-state index contributed by atoms with van der Waals surface area (Å²) in [6.07, 6.45) is 1.65. The van der Waals surface area contributed by atoms with E-state index in [1.807, 2.05) is 4.83 Å². The van der Waals surface area contributed by atoms with Crippen LogP contribution in [0.15, 0.2) is 45.9 Å². The quantitative estimate of drug-likeness (QED) is 0.795. The van der Waals surface area contributed by atoms with Crippen LogP contribution in [-0.2, 0) is 17.1 Å². The summed E-state index contributed by atoms with van der Waals surface area (Å²) in [6, 6.07) is 6.00. The summed E-state index contributed by atoms with van der Waals surface area (Å²) in [7, 11) is -2.40. The molecule has 1 amide bonds. The molecule has 1 heterocycles. The van der Waals surface area contributed by atoms with Gasteiger partial charge in [-0.05, 0) is 40.2 Å². The van der Waals surface area contributed by atoms with Gasteiger partial charge >= 0.3 is 0 Å². The van der Waals surface area contributed by atoms with E-state index in [0.29, 0.717) is 4.47 Å². The standard InChI is InChI=1S/C12H11BrFN3O3S/c1-17-7-8(13)5-11(17)12(18)15-16-21(19,20)10-4-2-3-9(14)6-10/h2-7,16H,1H3,(H,15,18). The molecule has 2 rings (SSSR count). The average Bonchev–Trinajstić information content (AvgIpc) is 2.75. The third-order valence-corrected chi connectivity index (χ3v) is 4.29. The van der Waals surface area contributed by atoms with Crippen LogP contribution in [0.4, 0.5) is 4.39 Å². The van der Waals surface area contributed by atoms with Gasteiger partial charge in [-0.2, -0.15) is 0 Å². The minimum Gasteiger partial charge on any atom is -0.345 e. The van der Waals surface area contributed by atoms with E-state index in [1.165, 1.54) is 22.8 Å². The van der Waals surface area contributed by atoms with Crippen molar-refractivity contribution in [3.63, 3.8) is 0 Å². The lowest BCUT2D eigenvalue weighted by atomic mass is 10.4. The number of sulfonamides is 1. The molecule has 2 aromatic rings. The number of rotatable bonds is 4. The molecule has 0 saturated carbocycles. The first-order valence-corrected chi connectivity index (χ1v) is 7.97. The molecule has 1 aromatic heterocycles. The highest BCUT2D eigenvalue weighted by molar-refractivity contribution is 9.10. The molecule has 0 fully saturated rings. The van der Waals surface area contributed by atoms with Crippen molar-refractivity contribution in [1.82, 2.24) is 14.8 Å². The van der Waals surface area contributed by atoms with Gasteiger partial charge in [-0.1, -0.05) is 6.07 Å². The summed E-state index contributed by atoms with van der Waals surface area (Å²) in [5, 5.41) is 0. The minimum atomic E-state index is -4.03. The van der Waals surface area contributed by atoms with E-state index >= 15 is 0 Å². The molecule has 9 heteroatoms. The van der Waals surface area contributed by atoms with Gasteiger partial charge in [0.1, 0.15) is 11.5 Å². The molecule has 6 nitrogen and oxygen atoms in total. The van der Waals surface area contributed by atoms with E-state index in [-0.39, 0.29) is 10.6 Å². The Bertz CT molecular complexity index is 789. The molecule has 0 radical (unpaired) electrons. The van der Waals surface area contributed by atoms with Gasteiger partial charge < -0.3 is 4.57 Å². The lowest BCUT2D eigenvalue weighted by Gasteiger charge is -2.08. The van der Waals surface area contributed by atoms with Crippen LogP contribution >= 0.6 is 15.9 Å². The second-order valence-electron chi connectivity index (χ2n) is 4.17. The number of aromatic nitrogens is 1. The first-order chi connectivity index (χ1) is 9.79. The molecule has 0 aliphatic carbocycles. The Kier molecular flexibility index (Phi) is 4.45. The molecule has 0 aliphatic heterocycles. The molecule has 112 valence electrons. The van der Waals surface area contributed by atoms with Crippen LogP contribution in [0.5, 0.6) is 0 Å². The Morgan fingerprint density at radius 1 is 1.33 bits per heavy atom. The van der Waals surface area contributed by atoms with E-state index in [1.54, 1.807) is 13.2 Å². The maximum atomic E-state index is 13.0. The summed E-state index contributed by atoms with van der Waals surface area (Å²) in [6.45, 7) is 0. The molecular formula is C12H11BrFN3O3S. The highest BCUT2D eigenvalue weighted by Gasteiger charge is 2.17. The lowest BCUT2D eigenvalue weighted by Crippen LogP contribution is -2.42. The Labute approximate surface area is 129 Å². The Morgan fingerprint density at radius 2 is 2.05 bits per heavy atom. The summed E-state index contributed by atoms with van der Waals surface area (Å²) in [5.74, 6) is -1.32. The molecule has 21 heavy (non-hydrogen) atoms. The second-order valence-corrected chi connectivity index (χ2v) is 6.77. The van der Waals surface area contributed by atoms with E-state index < -0.39 is 21.7 Å². The van der Waals surface area contributed by atoms with Crippen LogP contribution in [0.1, 0.15) is 10.5 Å². The van der Waals surface area contributed by atoms with Crippen molar-refractivity contribution < 1.29 is 17.6 Å². The van der Waals surface area contributed by atoms with E-state index in [0.717, 1.165) is 12.1 Å². The third kappa shape index (κ3) is 3.69. The van der Waals surface area contributed by atoms with E-state index in [9.17, 15) is 17.6 Å². The number of hydrogen-bond donors (Lipinski definition) is 2. The van der Waals surface area contributed by atoms with Crippen LogP contribution in [0.2, 0.25) is 0 Å². The van der Waals surface area contributed by atoms with E-state index in [4.69, 9.17) is 0 Å². The highest BCUT2D eigenvalue weighted by Crippen LogP contribution is 2.13. The fourth-order valence-corrected chi connectivity index (χ4v) is 3.01. The fraction of sp³-hybridized carbons (Fsp3) is 0.0833. The van der Waals surface area contributed by atoms with Crippen LogP contribution in [0.25, 0.3) is 0 Å². The summed E-state index contributed by atoms with van der Waals surface area (Å²) in [4.78, 5) is 13.5. The van der Waals surface area contributed by atoms with E-state index in [2.05, 4.69) is 21.4 Å². The average molecular weight is 376 g/mol. The predicted octanol–water partition coefficient (Wildman–Crippen LogP) is 1.55. The van der Waals surface area contributed by atoms with Crippen LogP contribution < -0.4 is 10.3 Å². The molecular weight excluding hydrogens is 365 g/mol. The zero-order valence-electron chi connectivity index (χ0n) is 10.8. The van der Waals surface area contributed by atoms with Crippen molar-refractivity contribution in [2.75, 3.05) is 0 Å². The normalized spacial score (nSPS) is 11.4. The van der Waals surface area contributed by atoms with Gasteiger partial charge in [-0.25, -0.2) is 12.8 Å². The SMILES string of the molecule is Cn1cc(Br)cc1C(=O)NNS(=O)(=O)c1cccc(F)c1. The third-order valence-electron chi connectivity index (χ3n) is 2.61. The predicted molar refractivity (Wildman–Crippen MR) is 77.3 cm³/mol. The summed E-state index contributed by atoms with van der Waals surface area (Å²) >= 11 is 3.21. The number of amides is 1. The van der Waals surface area contributed by atoms with Gasteiger partial charge in [-0.15, -0.1) is 4.83 Å². The zero-order valence-corrected chi connectivity index (χ0v) is 13.2. The molecule has 0 spiro atoms. The maximum absolute atomic E-state index is 13.0. The highest BCUT2D eigenvalue weighted by atomic mass is 79.9. The molecule has 0 unspecified atom stereocenters. The van der Waals surface area contributed by atoms with Crippen molar-refractivity contribution in [2.24, 2.45) is 7.05 Å². The van der Waals surface area contributed by atoms with Gasteiger partial charge in [0.25, 0.3) is 15.9 Å². The maximum Gasteiger partial charge on any atom is 0.282 e. The Hall–Kier alpha value is -1.71. The fourth-order valence-electron chi connectivity index (χ4n) is 1.62. The first-order valence-electron chi connectivity index (χ1n) is 5.69. The number of carbonyl (C=O) groups is 1. The minimum absolute atomic E-state index is 0.254. The van der Waals surface area contributed by atoms with Crippen molar-refractivity contribution in [3.05, 3.63) is 52.5 Å². The van der Waals surface area contributed by atoms with Crippen molar-refractivity contribution in [1.29, 1.82) is 0 Å². The molecule has 1 aromatic carbocycles. The zero-order chi connectivity index (χ0) is 15.6. The van der Waals surface area contributed by atoms with Gasteiger partial charge in [0, 0.05) is 17.7 Å². The topological polar surface area (TPSA) is 80.2 Å². The number of hydrogen-bond acceptors (Lipinski definition) is 3. The molecule has 0 bridgehead atoms. The monoisotopic (exact) mass is 375 g/mol. The Balaban J connectivity index is 2.12. The molecule has 2 N–H and O–H groups in total. The van der Waals surface area contributed by atoms with Gasteiger partial charge in [-0.3, -0.25) is 10.2 Å². The van der Waals surface area contributed by atoms with Crippen LogP contribution in [0, 0.1) is 5.82 Å². The molecule has 0 aliphatic rings. The number of hydrazine groups is 1.